The zero-order valence-electron chi connectivity index (χ0n) is 13.9. The van der Waals surface area contributed by atoms with Gasteiger partial charge in [-0.1, -0.05) is 6.07 Å². The lowest BCUT2D eigenvalue weighted by Crippen LogP contribution is -2.42. The van der Waals surface area contributed by atoms with E-state index in [0.717, 1.165) is 37.0 Å². The molecule has 1 rings (SSSR count). The Balaban J connectivity index is 2.32. The van der Waals surface area contributed by atoms with Gasteiger partial charge in [-0.2, -0.15) is 0 Å². The SMILES string of the molecule is CN=C(NCCCOC)NCC(C)Oc1cccc(OC)c1. The molecule has 0 aliphatic rings. The summed E-state index contributed by atoms with van der Waals surface area (Å²) in [7, 11) is 5.09. The second kappa shape index (κ2) is 10.7. The molecule has 0 spiro atoms. The van der Waals surface area contributed by atoms with E-state index in [2.05, 4.69) is 15.6 Å². The van der Waals surface area contributed by atoms with Crippen molar-refractivity contribution < 1.29 is 14.2 Å². The molecule has 0 aromatic heterocycles. The van der Waals surface area contributed by atoms with Crippen LogP contribution in [-0.4, -0.2) is 53.0 Å². The number of ether oxygens (including phenoxy) is 3. The van der Waals surface area contributed by atoms with Gasteiger partial charge < -0.3 is 24.8 Å². The van der Waals surface area contributed by atoms with E-state index in [0.29, 0.717) is 6.54 Å². The summed E-state index contributed by atoms with van der Waals surface area (Å²) in [4.78, 5) is 4.17. The van der Waals surface area contributed by atoms with Crippen molar-refractivity contribution in [1.82, 2.24) is 10.6 Å². The predicted molar refractivity (Wildman–Crippen MR) is 88.9 cm³/mol. The molecule has 22 heavy (non-hydrogen) atoms. The first-order chi connectivity index (χ1) is 10.7. The smallest absolute Gasteiger partial charge is 0.191 e. The van der Waals surface area contributed by atoms with E-state index in [4.69, 9.17) is 14.2 Å². The van der Waals surface area contributed by atoms with Crippen LogP contribution in [0.4, 0.5) is 0 Å². The highest BCUT2D eigenvalue weighted by Gasteiger charge is 2.06. The minimum absolute atomic E-state index is 0.00429. The Labute approximate surface area is 132 Å². The molecule has 124 valence electrons. The van der Waals surface area contributed by atoms with Gasteiger partial charge in [0.25, 0.3) is 0 Å². The number of methoxy groups -OCH3 is 2. The van der Waals surface area contributed by atoms with Gasteiger partial charge >= 0.3 is 0 Å². The van der Waals surface area contributed by atoms with Gasteiger partial charge in [-0.3, -0.25) is 4.99 Å². The molecule has 0 fully saturated rings. The monoisotopic (exact) mass is 309 g/mol. The number of nitrogens with zero attached hydrogens (tertiary/aromatic N) is 1. The van der Waals surface area contributed by atoms with Gasteiger partial charge in [-0.05, 0) is 25.5 Å². The Morgan fingerprint density at radius 2 is 2.00 bits per heavy atom. The van der Waals surface area contributed by atoms with Crippen molar-refractivity contribution in [2.45, 2.75) is 19.4 Å². The summed E-state index contributed by atoms with van der Waals surface area (Å²) >= 11 is 0. The first-order valence-electron chi connectivity index (χ1n) is 7.43. The summed E-state index contributed by atoms with van der Waals surface area (Å²) in [5, 5.41) is 6.46. The Bertz CT molecular complexity index is 452. The molecule has 2 N–H and O–H groups in total. The quantitative estimate of drug-likeness (QED) is 0.413. The Morgan fingerprint density at radius 1 is 1.23 bits per heavy atom. The average Bonchev–Trinajstić information content (AvgIpc) is 2.54. The Hall–Kier alpha value is -1.95. The first-order valence-corrected chi connectivity index (χ1v) is 7.43. The first kappa shape index (κ1) is 18.1. The number of rotatable bonds is 9. The molecule has 0 saturated heterocycles. The van der Waals surface area contributed by atoms with E-state index in [1.54, 1.807) is 21.3 Å². The molecule has 1 unspecified atom stereocenters. The zero-order chi connectivity index (χ0) is 16.2. The topological polar surface area (TPSA) is 64.1 Å². The number of nitrogens with one attached hydrogen (secondary N) is 2. The molecule has 6 nitrogen and oxygen atoms in total. The molecular formula is C16H27N3O3. The highest BCUT2D eigenvalue weighted by atomic mass is 16.5. The molecular weight excluding hydrogens is 282 g/mol. The van der Waals surface area contributed by atoms with Crippen LogP contribution in [0.5, 0.6) is 11.5 Å². The lowest BCUT2D eigenvalue weighted by atomic mass is 10.3. The van der Waals surface area contributed by atoms with Gasteiger partial charge in [0.1, 0.15) is 17.6 Å². The molecule has 6 heteroatoms. The Kier molecular flexibility index (Phi) is 8.83. The van der Waals surface area contributed by atoms with Gasteiger partial charge in [0, 0.05) is 33.4 Å². The number of benzene rings is 1. The van der Waals surface area contributed by atoms with Crippen molar-refractivity contribution in [2.75, 3.05) is 41.0 Å². The van der Waals surface area contributed by atoms with E-state index in [1.807, 2.05) is 31.2 Å². The lowest BCUT2D eigenvalue weighted by Gasteiger charge is -2.18. The molecule has 1 atom stereocenters. The summed E-state index contributed by atoms with van der Waals surface area (Å²) < 4.78 is 16.0. The predicted octanol–water partition coefficient (Wildman–Crippen LogP) is 1.66. The largest absolute Gasteiger partial charge is 0.497 e. The van der Waals surface area contributed by atoms with Gasteiger partial charge in [0.05, 0.1) is 13.7 Å². The van der Waals surface area contributed by atoms with E-state index < -0.39 is 0 Å². The van der Waals surface area contributed by atoms with Crippen LogP contribution < -0.4 is 20.1 Å². The second-order valence-electron chi connectivity index (χ2n) is 4.83. The van der Waals surface area contributed by atoms with Crippen LogP contribution in [0.1, 0.15) is 13.3 Å². The van der Waals surface area contributed by atoms with Crippen molar-refractivity contribution >= 4 is 5.96 Å². The highest BCUT2D eigenvalue weighted by molar-refractivity contribution is 5.79. The van der Waals surface area contributed by atoms with Crippen LogP contribution in [0.2, 0.25) is 0 Å². The molecule has 0 heterocycles. The van der Waals surface area contributed by atoms with Crippen LogP contribution in [0.25, 0.3) is 0 Å². The standard InChI is InChI=1S/C16H27N3O3/c1-13(22-15-8-5-7-14(11-15)21-4)12-19-16(17-2)18-9-6-10-20-3/h5,7-8,11,13H,6,9-10,12H2,1-4H3,(H2,17,18,19). The van der Waals surface area contributed by atoms with Crippen molar-refractivity contribution in [2.24, 2.45) is 4.99 Å². The van der Waals surface area contributed by atoms with E-state index in [-0.39, 0.29) is 6.10 Å². The molecule has 0 aliphatic carbocycles. The van der Waals surface area contributed by atoms with Gasteiger partial charge in [-0.15, -0.1) is 0 Å². The second-order valence-corrected chi connectivity index (χ2v) is 4.83. The van der Waals surface area contributed by atoms with E-state index in [1.165, 1.54) is 0 Å². The third-order valence-corrected chi connectivity index (χ3v) is 2.98. The normalized spacial score (nSPS) is 12.6. The minimum Gasteiger partial charge on any atom is -0.497 e. The summed E-state index contributed by atoms with van der Waals surface area (Å²) in [6, 6.07) is 7.58. The van der Waals surface area contributed by atoms with Crippen molar-refractivity contribution in [3.63, 3.8) is 0 Å². The minimum atomic E-state index is 0.00429. The molecule has 0 saturated carbocycles. The molecule has 0 radical (unpaired) electrons. The fraction of sp³-hybridized carbons (Fsp3) is 0.562. The van der Waals surface area contributed by atoms with Crippen molar-refractivity contribution in [1.29, 1.82) is 0 Å². The highest BCUT2D eigenvalue weighted by Crippen LogP contribution is 2.19. The van der Waals surface area contributed by atoms with Gasteiger partial charge in [0.2, 0.25) is 0 Å². The zero-order valence-corrected chi connectivity index (χ0v) is 13.9. The maximum Gasteiger partial charge on any atom is 0.191 e. The van der Waals surface area contributed by atoms with Gasteiger partial charge in [0.15, 0.2) is 5.96 Å². The summed E-state index contributed by atoms with van der Waals surface area (Å²) in [5.74, 6) is 2.34. The van der Waals surface area contributed by atoms with Crippen LogP contribution in [-0.2, 0) is 4.74 Å². The number of hydrogen-bond acceptors (Lipinski definition) is 4. The molecule has 0 bridgehead atoms. The molecule has 1 aromatic carbocycles. The van der Waals surface area contributed by atoms with Gasteiger partial charge in [-0.25, -0.2) is 0 Å². The van der Waals surface area contributed by atoms with Crippen LogP contribution in [0.15, 0.2) is 29.3 Å². The maximum atomic E-state index is 5.85. The van der Waals surface area contributed by atoms with Crippen LogP contribution >= 0.6 is 0 Å². The van der Waals surface area contributed by atoms with Crippen LogP contribution in [0.3, 0.4) is 0 Å². The van der Waals surface area contributed by atoms with E-state index >= 15 is 0 Å². The third kappa shape index (κ3) is 7.17. The summed E-state index contributed by atoms with van der Waals surface area (Å²) in [6.07, 6.45) is 0.942. The molecule has 1 aromatic rings. The summed E-state index contributed by atoms with van der Waals surface area (Å²) in [6.45, 7) is 4.21. The maximum absolute atomic E-state index is 5.85. The lowest BCUT2D eigenvalue weighted by molar-refractivity contribution is 0.195. The van der Waals surface area contributed by atoms with E-state index in [9.17, 15) is 0 Å². The van der Waals surface area contributed by atoms with Crippen molar-refractivity contribution in [3.05, 3.63) is 24.3 Å². The van der Waals surface area contributed by atoms with Crippen molar-refractivity contribution in [3.8, 4) is 11.5 Å². The number of aliphatic imine (C=N–C) groups is 1. The third-order valence-electron chi connectivity index (χ3n) is 2.98. The molecule has 0 aliphatic heterocycles. The Morgan fingerprint density at radius 3 is 2.68 bits per heavy atom. The fourth-order valence-corrected chi connectivity index (χ4v) is 1.83. The average molecular weight is 309 g/mol. The number of hydrogen-bond donors (Lipinski definition) is 2. The van der Waals surface area contributed by atoms with Crippen LogP contribution in [0, 0.1) is 0 Å². The fourth-order valence-electron chi connectivity index (χ4n) is 1.83. The molecule has 0 amide bonds. The number of guanidine groups is 1. The summed E-state index contributed by atoms with van der Waals surface area (Å²) in [5.41, 5.74) is 0.